The lowest BCUT2D eigenvalue weighted by Crippen LogP contribution is -2.40. The molecule has 0 aliphatic carbocycles. The zero-order chi connectivity index (χ0) is 23.5. The maximum absolute atomic E-state index is 13.2. The van der Waals surface area contributed by atoms with Crippen molar-refractivity contribution >= 4 is 38.8 Å². The number of benzene rings is 2. The molecule has 0 aliphatic rings. The second-order valence-corrected chi connectivity index (χ2v) is 10.7. The number of thiazole rings is 1. The lowest BCUT2D eigenvalue weighted by Gasteiger charge is -2.22. The van der Waals surface area contributed by atoms with Crippen LogP contribution in [-0.4, -0.2) is 39.2 Å². The van der Waals surface area contributed by atoms with Gasteiger partial charge in [0.15, 0.2) is 0 Å². The fourth-order valence-electron chi connectivity index (χ4n) is 2.96. The summed E-state index contributed by atoms with van der Waals surface area (Å²) in [7, 11) is -0.807. The predicted octanol–water partition coefficient (Wildman–Crippen LogP) is 4.77. The Morgan fingerprint density at radius 3 is 2.31 bits per heavy atom. The Morgan fingerprint density at radius 2 is 1.72 bits per heavy atom. The monoisotopic (exact) mass is 474 g/mol. The van der Waals surface area contributed by atoms with E-state index in [2.05, 4.69) is 25.1 Å². The molecule has 170 valence electrons. The standard InChI is InChI=1S/C22H26N4O4S2/c1-22(2,3)26-32(28,29)19-12-16(25-21(27)30-5)10-11-17(19)18-13-24-20(31-18)14-6-8-15(23-4)9-7-14/h6-13,23,26H,1-5H3,(H,25,27). The number of hydrogen-bond acceptors (Lipinski definition) is 7. The van der Waals surface area contributed by atoms with Gasteiger partial charge in [-0.15, -0.1) is 11.3 Å². The minimum atomic E-state index is -3.90. The van der Waals surface area contributed by atoms with E-state index in [1.807, 2.05) is 31.3 Å². The highest BCUT2D eigenvalue weighted by molar-refractivity contribution is 7.89. The number of hydrogen-bond donors (Lipinski definition) is 3. The quantitative estimate of drug-likeness (QED) is 0.475. The van der Waals surface area contributed by atoms with E-state index in [0.29, 0.717) is 16.1 Å². The number of ether oxygens (including phenoxy) is 1. The highest BCUT2D eigenvalue weighted by Crippen LogP contribution is 2.37. The summed E-state index contributed by atoms with van der Waals surface area (Å²) < 4.78 is 33.7. The first-order valence-electron chi connectivity index (χ1n) is 9.80. The van der Waals surface area contributed by atoms with E-state index < -0.39 is 21.7 Å². The van der Waals surface area contributed by atoms with Gasteiger partial charge in [-0.1, -0.05) is 6.07 Å². The number of aromatic nitrogens is 1. The Hall–Kier alpha value is -2.95. The van der Waals surface area contributed by atoms with Crippen molar-refractivity contribution in [1.29, 1.82) is 0 Å². The second-order valence-electron chi connectivity index (χ2n) is 8.04. The maximum Gasteiger partial charge on any atom is 0.411 e. The van der Waals surface area contributed by atoms with Crippen molar-refractivity contribution in [2.75, 3.05) is 24.8 Å². The van der Waals surface area contributed by atoms with E-state index in [1.54, 1.807) is 39.1 Å². The van der Waals surface area contributed by atoms with E-state index in [0.717, 1.165) is 16.3 Å². The molecule has 3 rings (SSSR count). The number of methoxy groups -OCH3 is 1. The minimum absolute atomic E-state index is 0.0436. The van der Waals surface area contributed by atoms with Crippen LogP contribution in [0.1, 0.15) is 20.8 Å². The summed E-state index contributed by atoms with van der Waals surface area (Å²) in [6, 6.07) is 12.5. The van der Waals surface area contributed by atoms with Crippen molar-refractivity contribution in [1.82, 2.24) is 9.71 Å². The molecule has 8 nitrogen and oxygen atoms in total. The van der Waals surface area contributed by atoms with Gasteiger partial charge in [0.05, 0.1) is 16.9 Å². The van der Waals surface area contributed by atoms with E-state index >= 15 is 0 Å². The van der Waals surface area contributed by atoms with E-state index in [4.69, 9.17) is 0 Å². The summed E-state index contributed by atoms with van der Waals surface area (Å²) in [5.41, 5.74) is 2.04. The molecular weight excluding hydrogens is 448 g/mol. The zero-order valence-electron chi connectivity index (χ0n) is 18.5. The molecule has 1 heterocycles. The summed E-state index contributed by atoms with van der Waals surface area (Å²) in [6.07, 6.45) is 0.972. The molecule has 0 fully saturated rings. The van der Waals surface area contributed by atoms with E-state index in [9.17, 15) is 13.2 Å². The van der Waals surface area contributed by atoms with Crippen LogP contribution in [0.5, 0.6) is 0 Å². The topological polar surface area (TPSA) is 109 Å². The summed E-state index contributed by atoms with van der Waals surface area (Å²) in [5, 5.41) is 6.36. The molecule has 0 aliphatic heterocycles. The van der Waals surface area contributed by atoms with Crippen LogP contribution in [0.4, 0.5) is 16.2 Å². The number of carbonyl (C=O) groups excluding carboxylic acids is 1. The number of rotatable bonds is 6. The summed E-state index contributed by atoms with van der Waals surface area (Å²) in [4.78, 5) is 16.8. The molecule has 0 saturated heterocycles. The van der Waals surface area contributed by atoms with Crippen LogP contribution in [0, 0.1) is 0 Å². The van der Waals surface area contributed by atoms with Gasteiger partial charge in [-0.25, -0.2) is 22.9 Å². The van der Waals surface area contributed by atoms with Crippen LogP contribution >= 0.6 is 11.3 Å². The zero-order valence-corrected chi connectivity index (χ0v) is 20.1. The normalized spacial score (nSPS) is 11.8. The summed E-state index contributed by atoms with van der Waals surface area (Å²) in [6.45, 7) is 5.29. The Balaban J connectivity index is 2.07. The Bertz CT molecular complexity index is 1210. The van der Waals surface area contributed by atoms with Gasteiger partial charge in [0.25, 0.3) is 0 Å². The third-order valence-electron chi connectivity index (χ3n) is 4.34. The molecule has 0 saturated carbocycles. The van der Waals surface area contributed by atoms with Crippen molar-refractivity contribution in [3.05, 3.63) is 48.7 Å². The first kappa shape index (κ1) is 23.7. The highest BCUT2D eigenvalue weighted by Gasteiger charge is 2.26. The molecule has 3 aromatic rings. The van der Waals surface area contributed by atoms with Crippen molar-refractivity contribution in [3.63, 3.8) is 0 Å². The Kier molecular flexibility index (Phi) is 6.87. The molecule has 0 unspecified atom stereocenters. The van der Waals surface area contributed by atoms with Crippen molar-refractivity contribution < 1.29 is 17.9 Å². The van der Waals surface area contributed by atoms with Crippen molar-refractivity contribution in [3.8, 4) is 21.0 Å². The molecule has 0 bridgehead atoms. The van der Waals surface area contributed by atoms with Gasteiger partial charge < -0.3 is 10.1 Å². The third kappa shape index (κ3) is 5.64. The smallest absolute Gasteiger partial charge is 0.411 e. The van der Waals surface area contributed by atoms with Crippen LogP contribution in [0.3, 0.4) is 0 Å². The number of sulfonamides is 1. The van der Waals surface area contributed by atoms with Crippen LogP contribution in [0.2, 0.25) is 0 Å². The lowest BCUT2D eigenvalue weighted by molar-refractivity contribution is 0.187. The average molecular weight is 475 g/mol. The van der Waals surface area contributed by atoms with E-state index in [-0.39, 0.29) is 4.90 Å². The number of carbonyl (C=O) groups is 1. The first-order chi connectivity index (χ1) is 15.0. The lowest BCUT2D eigenvalue weighted by atomic mass is 10.1. The molecule has 3 N–H and O–H groups in total. The van der Waals surface area contributed by atoms with Crippen molar-refractivity contribution in [2.24, 2.45) is 0 Å². The number of anilines is 2. The number of nitrogens with one attached hydrogen (secondary N) is 3. The Morgan fingerprint density at radius 1 is 1.06 bits per heavy atom. The molecule has 32 heavy (non-hydrogen) atoms. The van der Waals surface area contributed by atoms with E-state index in [1.165, 1.54) is 24.5 Å². The van der Waals surface area contributed by atoms with Crippen molar-refractivity contribution in [2.45, 2.75) is 31.2 Å². The molecule has 0 spiro atoms. The second kappa shape index (κ2) is 9.27. The highest BCUT2D eigenvalue weighted by atomic mass is 32.2. The van der Waals surface area contributed by atoms with Gasteiger partial charge in [0.1, 0.15) is 5.01 Å². The van der Waals surface area contributed by atoms with Gasteiger partial charge >= 0.3 is 6.09 Å². The third-order valence-corrected chi connectivity index (χ3v) is 7.21. The van der Waals surface area contributed by atoms with Gasteiger partial charge in [-0.3, -0.25) is 5.32 Å². The minimum Gasteiger partial charge on any atom is -0.453 e. The predicted molar refractivity (Wildman–Crippen MR) is 129 cm³/mol. The molecule has 2 aromatic carbocycles. The van der Waals surface area contributed by atoms with Gasteiger partial charge in [0.2, 0.25) is 10.0 Å². The number of nitrogens with zero attached hydrogens (tertiary/aromatic N) is 1. The molecule has 10 heteroatoms. The van der Waals surface area contributed by atoms with Gasteiger partial charge in [-0.2, -0.15) is 0 Å². The fourth-order valence-corrected chi connectivity index (χ4v) is 5.66. The number of amides is 1. The van der Waals surface area contributed by atoms with Gasteiger partial charge in [0, 0.05) is 41.3 Å². The average Bonchev–Trinajstić information content (AvgIpc) is 3.22. The molecular formula is C22H26N4O4S2. The van der Waals surface area contributed by atoms with Crippen LogP contribution < -0.4 is 15.4 Å². The summed E-state index contributed by atoms with van der Waals surface area (Å²) >= 11 is 1.39. The summed E-state index contributed by atoms with van der Waals surface area (Å²) in [5.74, 6) is 0. The van der Waals surface area contributed by atoms with Crippen LogP contribution in [0.25, 0.3) is 21.0 Å². The molecule has 0 radical (unpaired) electrons. The molecule has 1 amide bonds. The molecule has 1 aromatic heterocycles. The fraction of sp³-hybridized carbons (Fsp3) is 0.273. The SMILES string of the molecule is CNc1ccc(-c2ncc(-c3ccc(NC(=O)OC)cc3S(=O)(=O)NC(C)(C)C)s2)cc1. The largest absolute Gasteiger partial charge is 0.453 e. The molecule has 0 atom stereocenters. The first-order valence-corrected chi connectivity index (χ1v) is 12.1. The van der Waals surface area contributed by atoms with Crippen LogP contribution in [-0.2, 0) is 14.8 Å². The van der Waals surface area contributed by atoms with Crippen LogP contribution in [0.15, 0.2) is 53.6 Å². The maximum atomic E-state index is 13.2. The van der Waals surface area contributed by atoms with Gasteiger partial charge in [-0.05, 0) is 57.2 Å². The Labute approximate surface area is 192 Å².